The Bertz CT molecular complexity index is 1010. The van der Waals surface area contributed by atoms with Gasteiger partial charge in [0.25, 0.3) is 0 Å². The van der Waals surface area contributed by atoms with E-state index >= 15 is 0 Å². The Kier molecular flexibility index (Phi) is 4.51. The highest BCUT2D eigenvalue weighted by molar-refractivity contribution is 5.81. The summed E-state index contributed by atoms with van der Waals surface area (Å²) in [6.45, 7) is 2.84. The van der Waals surface area contributed by atoms with E-state index in [0.29, 0.717) is 11.2 Å². The number of hydrogen-bond acceptors (Lipinski definition) is 6. The molecule has 7 nitrogen and oxygen atoms in total. The van der Waals surface area contributed by atoms with E-state index in [0.717, 1.165) is 36.6 Å². The number of benzene rings is 1. The Morgan fingerprint density at radius 1 is 1.00 bits per heavy atom. The Balaban J connectivity index is 1.39. The second-order valence-electron chi connectivity index (χ2n) is 6.00. The molecule has 0 amide bonds. The molecule has 0 aliphatic heterocycles. The topological polar surface area (TPSA) is 81.4 Å². The SMILES string of the molecule is Cc1nn(-c2ccccc2)cc1CCCNc1ncnc2nccnc12. The Hall–Kier alpha value is -3.35. The van der Waals surface area contributed by atoms with Crippen LogP contribution in [0.4, 0.5) is 5.82 Å². The van der Waals surface area contributed by atoms with Crippen LogP contribution in [0.15, 0.2) is 55.2 Å². The highest BCUT2D eigenvalue weighted by atomic mass is 15.3. The maximum absolute atomic E-state index is 4.62. The van der Waals surface area contributed by atoms with E-state index < -0.39 is 0 Å². The van der Waals surface area contributed by atoms with Gasteiger partial charge >= 0.3 is 0 Å². The van der Waals surface area contributed by atoms with Crippen molar-refractivity contribution in [3.8, 4) is 5.69 Å². The van der Waals surface area contributed by atoms with Crippen LogP contribution in [-0.2, 0) is 6.42 Å². The van der Waals surface area contributed by atoms with Gasteiger partial charge in [-0.25, -0.2) is 24.6 Å². The van der Waals surface area contributed by atoms with Crippen molar-refractivity contribution >= 4 is 17.0 Å². The van der Waals surface area contributed by atoms with Crippen molar-refractivity contribution in [2.45, 2.75) is 19.8 Å². The number of nitrogens with zero attached hydrogens (tertiary/aromatic N) is 6. The first-order valence-electron chi connectivity index (χ1n) is 8.57. The Morgan fingerprint density at radius 3 is 2.73 bits per heavy atom. The smallest absolute Gasteiger partial charge is 0.183 e. The summed E-state index contributed by atoms with van der Waals surface area (Å²) < 4.78 is 1.94. The summed E-state index contributed by atoms with van der Waals surface area (Å²) >= 11 is 0. The molecular weight excluding hydrogens is 326 g/mol. The van der Waals surface area contributed by atoms with E-state index in [1.54, 1.807) is 12.4 Å². The third-order valence-electron chi connectivity index (χ3n) is 4.21. The molecule has 26 heavy (non-hydrogen) atoms. The summed E-state index contributed by atoms with van der Waals surface area (Å²) in [5, 5.41) is 7.95. The molecule has 1 N–H and O–H groups in total. The van der Waals surface area contributed by atoms with Gasteiger partial charge in [-0.2, -0.15) is 5.10 Å². The number of aromatic nitrogens is 6. The van der Waals surface area contributed by atoms with Gasteiger partial charge in [0.2, 0.25) is 0 Å². The summed E-state index contributed by atoms with van der Waals surface area (Å²) in [5.41, 5.74) is 4.69. The van der Waals surface area contributed by atoms with Crippen LogP contribution < -0.4 is 5.32 Å². The van der Waals surface area contributed by atoms with Crippen molar-refractivity contribution in [3.63, 3.8) is 0 Å². The number of rotatable bonds is 6. The van der Waals surface area contributed by atoms with Crippen LogP contribution in [0.25, 0.3) is 16.9 Å². The zero-order chi connectivity index (χ0) is 17.8. The molecule has 0 saturated carbocycles. The van der Waals surface area contributed by atoms with Gasteiger partial charge in [0, 0.05) is 25.1 Å². The molecule has 3 heterocycles. The Labute approximate surface area is 151 Å². The monoisotopic (exact) mass is 345 g/mol. The summed E-state index contributed by atoms with van der Waals surface area (Å²) in [6, 6.07) is 10.2. The predicted molar refractivity (Wildman–Crippen MR) is 100 cm³/mol. The van der Waals surface area contributed by atoms with Crippen LogP contribution in [0.1, 0.15) is 17.7 Å². The Morgan fingerprint density at radius 2 is 1.85 bits per heavy atom. The van der Waals surface area contributed by atoms with Gasteiger partial charge in [-0.15, -0.1) is 0 Å². The quantitative estimate of drug-likeness (QED) is 0.541. The number of aryl methyl sites for hydroxylation is 2. The van der Waals surface area contributed by atoms with Crippen LogP contribution >= 0.6 is 0 Å². The van der Waals surface area contributed by atoms with Gasteiger partial charge in [0.05, 0.1) is 11.4 Å². The second kappa shape index (κ2) is 7.26. The fourth-order valence-corrected chi connectivity index (χ4v) is 2.86. The average molecular weight is 345 g/mol. The van der Waals surface area contributed by atoms with E-state index in [9.17, 15) is 0 Å². The first kappa shape index (κ1) is 16.1. The van der Waals surface area contributed by atoms with Crippen molar-refractivity contribution in [3.05, 3.63) is 66.5 Å². The summed E-state index contributed by atoms with van der Waals surface area (Å²) in [7, 11) is 0. The van der Waals surface area contributed by atoms with E-state index in [1.807, 2.05) is 22.9 Å². The standard InChI is InChI=1S/C19H19N7/c1-14-15(12-26(25-14)16-7-3-2-4-8-16)6-5-9-21-18-17-19(24-13-23-18)22-11-10-20-17/h2-4,7-8,10-13H,5-6,9H2,1H3,(H,21,22,23,24). The highest BCUT2D eigenvalue weighted by Gasteiger charge is 2.07. The summed E-state index contributed by atoms with van der Waals surface area (Å²) in [4.78, 5) is 16.9. The zero-order valence-electron chi connectivity index (χ0n) is 14.5. The molecule has 130 valence electrons. The van der Waals surface area contributed by atoms with Crippen molar-refractivity contribution in [2.24, 2.45) is 0 Å². The lowest BCUT2D eigenvalue weighted by atomic mass is 10.1. The van der Waals surface area contributed by atoms with Gasteiger partial charge in [-0.05, 0) is 37.5 Å². The molecule has 0 fully saturated rings. The van der Waals surface area contributed by atoms with Crippen molar-refractivity contribution in [2.75, 3.05) is 11.9 Å². The normalized spacial score (nSPS) is 11.0. The molecule has 0 unspecified atom stereocenters. The lowest BCUT2D eigenvalue weighted by Crippen LogP contribution is -2.06. The van der Waals surface area contributed by atoms with Crippen LogP contribution in [0.2, 0.25) is 0 Å². The molecule has 0 aliphatic rings. The lowest BCUT2D eigenvalue weighted by Gasteiger charge is -2.06. The van der Waals surface area contributed by atoms with E-state index in [-0.39, 0.29) is 0 Å². The lowest BCUT2D eigenvalue weighted by molar-refractivity contribution is 0.853. The minimum Gasteiger partial charge on any atom is -0.368 e. The van der Waals surface area contributed by atoms with Crippen LogP contribution in [0.3, 0.4) is 0 Å². The number of hydrogen-bond donors (Lipinski definition) is 1. The molecule has 0 atom stereocenters. The van der Waals surface area contributed by atoms with Crippen LogP contribution in [-0.4, -0.2) is 36.3 Å². The van der Waals surface area contributed by atoms with Gasteiger partial charge in [0.15, 0.2) is 11.5 Å². The minimum absolute atomic E-state index is 0.602. The molecule has 0 radical (unpaired) electrons. The first-order chi connectivity index (χ1) is 12.8. The summed E-state index contributed by atoms with van der Waals surface area (Å²) in [5.74, 6) is 0.722. The van der Waals surface area contributed by atoms with Gasteiger partial charge in [-0.1, -0.05) is 18.2 Å². The third-order valence-corrected chi connectivity index (χ3v) is 4.21. The number of anilines is 1. The van der Waals surface area contributed by atoms with E-state index in [2.05, 4.69) is 55.6 Å². The van der Waals surface area contributed by atoms with Crippen molar-refractivity contribution in [1.29, 1.82) is 0 Å². The minimum atomic E-state index is 0.602. The molecule has 0 aliphatic carbocycles. The second-order valence-corrected chi connectivity index (χ2v) is 6.00. The van der Waals surface area contributed by atoms with Crippen LogP contribution in [0.5, 0.6) is 0 Å². The van der Waals surface area contributed by atoms with E-state index in [4.69, 9.17) is 0 Å². The first-order valence-corrected chi connectivity index (χ1v) is 8.57. The predicted octanol–water partition coefficient (Wildman–Crippen LogP) is 2.96. The maximum Gasteiger partial charge on any atom is 0.183 e. The maximum atomic E-state index is 4.62. The van der Waals surface area contributed by atoms with Gasteiger partial charge in [0.1, 0.15) is 11.8 Å². The fourth-order valence-electron chi connectivity index (χ4n) is 2.86. The largest absolute Gasteiger partial charge is 0.368 e. The average Bonchev–Trinajstić information content (AvgIpc) is 3.07. The molecule has 1 aromatic carbocycles. The number of nitrogens with one attached hydrogen (secondary N) is 1. The molecule has 3 aromatic heterocycles. The molecular formula is C19H19N7. The van der Waals surface area contributed by atoms with Crippen LogP contribution in [0, 0.1) is 6.92 Å². The highest BCUT2D eigenvalue weighted by Crippen LogP contribution is 2.15. The zero-order valence-corrected chi connectivity index (χ0v) is 14.5. The van der Waals surface area contributed by atoms with Crippen molar-refractivity contribution in [1.82, 2.24) is 29.7 Å². The molecule has 0 saturated heterocycles. The number of fused-ring (bicyclic) bond motifs is 1. The van der Waals surface area contributed by atoms with Crippen molar-refractivity contribution < 1.29 is 0 Å². The molecule has 0 bridgehead atoms. The molecule has 4 rings (SSSR count). The number of para-hydroxylation sites is 1. The van der Waals surface area contributed by atoms with Gasteiger partial charge in [-0.3, -0.25) is 0 Å². The third kappa shape index (κ3) is 3.37. The molecule has 7 heteroatoms. The summed E-state index contributed by atoms with van der Waals surface area (Å²) in [6.07, 6.45) is 8.81. The van der Waals surface area contributed by atoms with Gasteiger partial charge < -0.3 is 5.32 Å². The van der Waals surface area contributed by atoms with E-state index in [1.165, 1.54) is 11.9 Å². The molecule has 0 spiro atoms. The molecule has 4 aromatic rings. The fraction of sp³-hybridized carbons (Fsp3) is 0.211.